The summed E-state index contributed by atoms with van der Waals surface area (Å²) in [6, 6.07) is 10.7. The lowest BCUT2D eigenvalue weighted by Crippen LogP contribution is -1.95. The first-order valence-corrected chi connectivity index (χ1v) is 6.33. The molecule has 1 aliphatic heterocycles. The van der Waals surface area contributed by atoms with Gasteiger partial charge in [-0.15, -0.1) is 0 Å². The number of thioether (sulfide) groups is 1. The van der Waals surface area contributed by atoms with E-state index >= 15 is 0 Å². The molecule has 1 heterocycles. The second kappa shape index (κ2) is 3.67. The van der Waals surface area contributed by atoms with Crippen LogP contribution in [0.4, 0.5) is 0 Å². The normalized spacial score (nSPS) is 23.2. The van der Waals surface area contributed by atoms with E-state index in [2.05, 4.69) is 56.3 Å². The number of rotatable bonds is 1. The van der Waals surface area contributed by atoms with Crippen molar-refractivity contribution >= 4 is 17.3 Å². The van der Waals surface area contributed by atoms with Crippen molar-refractivity contribution in [1.29, 1.82) is 0 Å². The molecule has 0 bridgehead atoms. The van der Waals surface area contributed by atoms with Crippen molar-refractivity contribution in [2.24, 2.45) is 5.92 Å². The molecule has 1 heteroatoms. The van der Waals surface area contributed by atoms with Crippen molar-refractivity contribution in [2.45, 2.75) is 13.8 Å². The van der Waals surface area contributed by atoms with Gasteiger partial charge in [0.15, 0.2) is 0 Å². The van der Waals surface area contributed by atoms with Crippen molar-refractivity contribution in [3.05, 3.63) is 63.4 Å². The fourth-order valence-corrected chi connectivity index (χ4v) is 3.59. The number of allylic oxidation sites excluding steroid dienone is 6. The van der Waals surface area contributed by atoms with Gasteiger partial charge in [0, 0.05) is 10.8 Å². The lowest BCUT2D eigenvalue weighted by molar-refractivity contribution is 1.06. The predicted octanol–water partition coefficient (Wildman–Crippen LogP) is 4.43. The number of hydrogen-bond acceptors (Lipinski definition) is 1. The summed E-state index contributed by atoms with van der Waals surface area (Å²) in [6.07, 6.45) is 5.80. The maximum absolute atomic E-state index is 3.54. The molecule has 1 aliphatic carbocycles. The molecule has 3 rings (SSSR count). The summed E-state index contributed by atoms with van der Waals surface area (Å²) in [5.74, 6) is 0.396. The van der Waals surface area contributed by atoms with Crippen LogP contribution in [0.5, 0.6) is 0 Å². The Bertz CT molecular complexity index is 518. The molecule has 0 saturated heterocycles. The molecule has 1 aromatic rings. The zero-order chi connectivity index (χ0) is 11.1. The zero-order valence-corrected chi connectivity index (χ0v) is 10.3. The van der Waals surface area contributed by atoms with E-state index in [1.54, 1.807) is 0 Å². The molecular weight excluding hydrogens is 212 g/mol. The summed E-state index contributed by atoms with van der Waals surface area (Å²) < 4.78 is 0. The SMILES string of the molecule is CC1=[C]C2C(=C1)SC(C)=C2c1ccccc1. The Balaban J connectivity index is 2.08. The average Bonchev–Trinajstić information content (AvgIpc) is 2.74. The summed E-state index contributed by atoms with van der Waals surface area (Å²) in [5.41, 5.74) is 4.05. The van der Waals surface area contributed by atoms with Crippen molar-refractivity contribution in [2.75, 3.05) is 0 Å². The Morgan fingerprint density at radius 3 is 2.62 bits per heavy atom. The summed E-state index contributed by atoms with van der Waals surface area (Å²) >= 11 is 1.90. The Hall–Kier alpha value is -1.21. The maximum atomic E-state index is 3.54. The first-order valence-electron chi connectivity index (χ1n) is 5.51. The maximum Gasteiger partial charge on any atom is 0.0422 e. The van der Waals surface area contributed by atoms with Crippen LogP contribution in [0, 0.1) is 12.0 Å². The van der Waals surface area contributed by atoms with Crippen LogP contribution in [-0.4, -0.2) is 0 Å². The van der Waals surface area contributed by atoms with Gasteiger partial charge in [0.05, 0.1) is 0 Å². The molecule has 2 aliphatic rings. The van der Waals surface area contributed by atoms with Crippen LogP contribution in [-0.2, 0) is 0 Å². The second-order valence-electron chi connectivity index (χ2n) is 4.25. The third kappa shape index (κ3) is 1.47. The first kappa shape index (κ1) is 9.98. The van der Waals surface area contributed by atoms with E-state index in [4.69, 9.17) is 0 Å². The minimum Gasteiger partial charge on any atom is -0.0979 e. The van der Waals surface area contributed by atoms with Gasteiger partial charge in [-0.3, -0.25) is 0 Å². The van der Waals surface area contributed by atoms with E-state index in [9.17, 15) is 0 Å². The highest BCUT2D eigenvalue weighted by atomic mass is 32.2. The fourth-order valence-electron chi connectivity index (χ4n) is 2.36. The molecule has 16 heavy (non-hydrogen) atoms. The molecule has 0 nitrogen and oxygen atoms in total. The van der Waals surface area contributed by atoms with Crippen molar-refractivity contribution in [3.63, 3.8) is 0 Å². The van der Waals surface area contributed by atoms with Crippen LogP contribution in [0.15, 0.2) is 51.8 Å². The second-order valence-corrected chi connectivity index (χ2v) is 5.53. The molecular formula is C15H13S. The molecule has 0 aromatic heterocycles. The van der Waals surface area contributed by atoms with Crippen LogP contribution >= 0.6 is 11.8 Å². The van der Waals surface area contributed by atoms with E-state index in [1.165, 1.54) is 26.5 Å². The topological polar surface area (TPSA) is 0 Å². The van der Waals surface area contributed by atoms with Gasteiger partial charge in [-0.1, -0.05) is 42.1 Å². The van der Waals surface area contributed by atoms with Gasteiger partial charge < -0.3 is 0 Å². The number of fused-ring (bicyclic) bond motifs is 1. The summed E-state index contributed by atoms with van der Waals surface area (Å²) in [7, 11) is 0. The van der Waals surface area contributed by atoms with E-state index < -0.39 is 0 Å². The number of hydrogen-bond donors (Lipinski definition) is 0. The Kier molecular flexibility index (Phi) is 2.29. The van der Waals surface area contributed by atoms with Crippen molar-refractivity contribution in [1.82, 2.24) is 0 Å². The Morgan fingerprint density at radius 1 is 1.12 bits per heavy atom. The Morgan fingerprint density at radius 2 is 1.88 bits per heavy atom. The highest BCUT2D eigenvalue weighted by Gasteiger charge is 2.31. The van der Waals surface area contributed by atoms with Crippen LogP contribution in [0.2, 0.25) is 0 Å². The molecule has 1 radical (unpaired) electrons. The standard InChI is InChI=1S/C15H13S/c1-10-8-13-14(9-10)16-11(2)15(13)12-6-4-3-5-7-12/h3-7,9,13H,1-2H3. The van der Waals surface area contributed by atoms with Gasteiger partial charge in [0.2, 0.25) is 0 Å². The third-order valence-electron chi connectivity index (χ3n) is 3.04. The fraction of sp³-hybridized carbons (Fsp3) is 0.200. The van der Waals surface area contributed by atoms with Gasteiger partial charge >= 0.3 is 0 Å². The molecule has 79 valence electrons. The largest absolute Gasteiger partial charge is 0.0979 e. The van der Waals surface area contributed by atoms with E-state index in [0.717, 1.165) is 0 Å². The minimum atomic E-state index is 0.396. The molecule has 0 spiro atoms. The molecule has 0 saturated carbocycles. The molecule has 1 atom stereocenters. The van der Waals surface area contributed by atoms with E-state index in [-0.39, 0.29) is 0 Å². The lowest BCUT2D eigenvalue weighted by Gasteiger charge is -2.09. The summed E-state index contributed by atoms with van der Waals surface area (Å²) in [4.78, 5) is 2.86. The van der Waals surface area contributed by atoms with Crippen molar-refractivity contribution in [3.8, 4) is 0 Å². The number of benzene rings is 1. The molecule has 0 amide bonds. The Labute approximate surface area is 101 Å². The minimum absolute atomic E-state index is 0.396. The van der Waals surface area contributed by atoms with Crippen LogP contribution in [0.25, 0.3) is 5.57 Å². The highest BCUT2D eigenvalue weighted by Crippen LogP contribution is 2.52. The van der Waals surface area contributed by atoms with E-state index in [1.807, 2.05) is 11.8 Å². The quantitative estimate of drug-likeness (QED) is 0.681. The predicted molar refractivity (Wildman–Crippen MR) is 70.6 cm³/mol. The van der Waals surface area contributed by atoms with Crippen LogP contribution < -0.4 is 0 Å². The summed E-state index contributed by atoms with van der Waals surface area (Å²) in [5, 5.41) is 0. The van der Waals surface area contributed by atoms with Gasteiger partial charge in [-0.25, -0.2) is 0 Å². The molecule has 1 unspecified atom stereocenters. The third-order valence-corrected chi connectivity index (χ3v) is 4.15. The molecule has 1 aromatic carbocycles. The van der Waals surface area contributed by atoms with E-state index in [0.29, 0.717) is 5.92 Å². The van der Waals surface area contributed by atoms with Crippen LogP contribution in [0.1, 0.15) is 19.4 Å². The lowest BCUT2D eigenvalue weighted by atomic mass is 9.93. The van der Waals surface area contributed by atoms with Gasteiger partial charge in [-0.05, 0) is 47.6 Å². The van der Waals surface area contributed by atoms with Crippen molar-refractivity contribution < 1.29 is 0 Å². The van der Waals surface area contributed by atoms with Gasteiger partial charge in [-0.2, -0.15) is 0 Å². The highest BCUT2D eigenvalue weighted by molar-refractivity contribution is 8.07. The van der Waals surface area contributed by atoms with Gasteiger partial charge in [0.1, 0.15) is 0 Å². The summed E-state index contributed by atoms with van der Waals surface area (Å²) in [6.45, 7) is 4.34. The van der Waals surface area contributed by atoms with Crippen LogP contribution in [0.3, 0.4) is 0 Å². The smallest absolute Gasteiger partial charge is 0.0422 e. The van der Waals surface area contributed by atoms with Gasteiger partial charge in [0.25, 0.3) is 0 Å². The molecule has 0 fully saturated rings. The zero-order valence-electron chi connectivity index (χ0n) is 9.45. The monoisotopic (exact) mass is 225 g/mol. The average molecular weight is 225 g/mol. The molecule has 0 N–H and O–H groups in total. The first-order chi connectivity index (χ1) is 7.75.